The number of aryl methyl sites for hydroxylation is 1. The Hall–Kier alpha value is -2.37. The van der Waals surface area contributed by atoms with E-state index in [1.807, 2.05) is 24.3 Å². The third-order valence-corrected chi connectivity index (χ3v) is 4.74. The topological polar surface area (TPSA) is 77.2 Å². The van der Waals surface area contributed by atoms with Gasteiger partial charge in [0.15, 0.2) is 5.82 Å². The van der Waals surface area contributed by atoms with Gasteiger partial charge >= 0.3 is 0 Å². The second-order valence-electron chi connectivity index (χ2n) is 6.68. The Balaban J connectivity index is 1.34. The van der Waals surface area contributed by atoms with E-state index in [1.165, 1.54) is 0 Å². The molecule has 1 aromatic carbocycles. The molecule has 2 fully saturated rings. The van der Waals surface area contributed by atoms with Gasteiger partial charge in [-0.15, -0.1) is 0 Å². The number of hydrogen-bond acceptors (Lipinski definition) is 5. The van der Waals surface area contributed by atoms with Gasteiger partial charge in [0, 0.05) is 18.8 Å². The Bertz CT molecular complexity index is 747. The second kappa shape index (κ2) is 5.92. The van der Waals surface area contributed by atoms with Crippen LogP contribution in [0, 0.1) is 0 Å². The Labute approximate surface area is 140 Å². The molecule has 1 N–H and O–H groups in total. The Morgan fingerprint density at radius 2 is 2.25 bits per heavy atom. The summed E-state index contributed by atoms with van der Waals surface area (Å²) in [7, 11) is 1.65. The highest BCUT2D eigenvalue weighted by Gasteiger charge is 2.45. The summed E-state index contributed by atoms with van der Waals surface area (Å²) in [6.45, 7) is 0. The third kappa shape index (κ3) is 3.13. The van der Waals surface area contributed by atoms with Gasteiger partial charge in [0.1, 0.15) is 5.75 Å². The van der Waals surface area contributed by atoms with Crippen LogP contribution < -0.4 is 10.1 Å². The average molecular weight is 327 g/mol. The summed E-state index contributed by atoms with van der Waals surface area (Å²) in [4.78, 5) is 16.7. The van der Waals surface area contributed by atoms with E-state index in [1.54, 1.807) is 7.11 Å². The van der Waals surface area contributed by atoms with Crippen LogP contribution in [0.25, 0.3) is 0 Å². The SMILES string of the molecule is COc1cccc(C2(NC(=O)CCc3nc(C4CC4)no3)CC2)c1. The number of amides is 1. The number of ether oxygens (including phenoxy) is 1. The lowest BCUT2D eigenvalue weighted by molar-refractivity contribution is -0.122. The van der Waals surface area contributed by atoms with E-state index in [-0.39, 0.29) is 11.4 Å². The molecule has 4 rings (SSSR count). The zero-order valence-electron chi connectivity index (χ0n) is 13.7. The van der Waals surface area contributed by atoms with Crippen molar-refractivity contribution in [1.82, 2.24) is 15.5 Å². The summed E-state index contributed by atoms with van der Waals surface area (Å²) in [5.41, 5.74) is 0.864. The van der Waals surface area contributed by atoms with Crippen molar-refractivity contribution in [1.29, 1.82) is 0 Å². The van der Waals surface area contributed by atoms with Gasteiger partial charge in [0.25, 0.3) is 0 Å². The highest BCUT2D eigenvalue weighted by molar-refractivity contribution is 5.77. The van der Waals surface area contributed by atoms with Crippen LogP contribution in [0.4, 0.5) is 0 Å². The third-order valence-electron chi connectivity index (χ3n) is 4.74. The van der Waals surface area contributed by atoms with Crippen molar-refractivity contribution in [3.05, 3.63) is 41.5 Å². The second-order valence-corrected chi connectivity index (χ2v) is 6.68. The predicted molar refractivity (Wildman–Crippen MR) is 86.6 cm³/mol. The van der Waals surface area contributed by atoms with Crippen molar-refractivity contribution >= 4 is 5.91 Å². The van der Waals surface area contributed by atoms with Crippen molar-refractivity contribution in [2.75, 3.05) is 7.11 Å². The normalized spacial score (nSPS) is 18.2. The highest BCUT2D eigenvalue weighted by atomic mass is 16.5. The van der Waals surface area contributed by atoms with Gasteiger partial charge in [0.05, 0.1) is 12.6 Å². The predicted octanol–water partition coefficient (Wildman–Crippen LogP) is 2.69. The maximum atomic E-state index is 12.3. The molecule has 0 bridgehead atoms. The molecule has 2 aliphatic rings. The van der Waals surface area contributed by atoms with Gasteiger partial charge in [-0.1, -0.05) is 17.3 Å². The summed E-state index contributed by atoms with van der Waals surface area (Å²) in [5, 5.41) is 7.14. The molecule has 1 aromatic heterocycles. The first-order valence-corrected chi connectivity index (χ1v) is 8.46. The Kier molecular flexibility index (Phi) is 3.75. The van der Waals surface area contributed by atoms with E-state index < -0.39 is 0 Å². The minimum Gasteiger partial charge on any atom is -0.497 e. The number of hydrogen-bond donors (Lipinski definition) is 1. The zero-order chi connectivity index (χ0) is 16.6. The lowest BCUT2D eigenvalue weighted by Gasteiger charge is -2.18. The number of carbonyl (C=O) groups excluding carboxylic acids is 1. The zero-order valence-corrected chi connectivity index (χ0v) is 13.7. The van der Waals surface area contributed by atoms with Crippen LogP contribution in [0.5, 0.6) is 5.75 Å². The quantitative estimate of drug-likeness (QED) is 0.846. The van der Waals surface area contributed by atoms with Gasteiger partial charge < -0.3 is 14.6 Å². The molecule has 24 heavy (non-hydrogen) atoms. The first-order valence-electron chi connectivity index (χ1n) is 8.46. The van der Waals surface area contributed by atoms with Crippen LogP contribution in [0.1, 0.15) is 55.3 Å². The molecule has 6 nitrogen and oxygen atoms in total. The minimum atomic E-state index is -0.236. The van der Waals surface area contributed by atoms with E-state index >= 15 is 0 Å². The van der Waals surface area contributed by atoms with E-state index in [4.69, 9.17) is 9.26 Å². The summed E-state index contributed by atoms with van der Waals surface area (Å²) in [5.74, 6) is 2.64. The summed E-state index contributed by atoms with van der Waals surface area (Å²) >= 11 is 0. The lowest BCUT2D eigenvalue weighted by Crippen LogP contribution is -2.35. The molecule has 6 heteroatoms. The molecule has 0 aliphatic heterocycles. The molecule has 0 unspecified atom stereocenters. The van der Waals surface area contributed by atoms with Crippen LogP contribution >= 0.6 is 0 Å². The first kappa shape index (κ1) is 15.2. The van der Waals surface area contributed by atoms with Crippen molar-refractivity contribution in [2.45, 2.75) is 50.0 Å². The molecular weight excluding hydrogens is 306 g/mol. The summed E-state index contributed by atoms with van der Waals surface area (Å²) in [6, 6.07) is 7.90. The fraction of sp³-hybridized carbons (Fsp3) is 0.500. The number of methoxy groups -OCH3 is 1. The molecule has 2 aliphatic carbocycles. The summed E-state index contributed by atoms with van der Waals surface area (Å²) < 4.78 is 10.5. The molecule has 2 saturated carbocycles. The van der Waals surface area contributed by atoms with Gasteiger partial charge in [-0.05, 0) is 43.4 Å². The minimum absolute atomic E-state index is 0.0153. The largest absolute Gasteiger partial charge is 0.497 e. The van der Waals surface area contributed by atoms with Crippen LogP contribution in [0.2, 0.25) is 0 Å². The maximum absolute atomic E-state index is 12.3. The van der Waals surface area contributed by atoms with Crippen LogP contribution in [0.3, 0.4) is 0 Å². The number of carbonyl (C=O) groups is 1. The fourth-order valence-corrected chi connectivity index (χ4v) is 2.96. The molecule has 1 heterocycles. The van der Waals surface area contributed by atoms with Crippen molar-refractivity contribution in [3.8, 4) is 5.75 Å². The lowest BCUT2D eigenvalue weighted by atomic mass is 10.0. The fourth-order valence-electron chi connectivity index (χ4n) is 2.96. The number of nitrogens with zero attached hydrogens (tertiary/aromatic N) is 2. The molecule has 0 spiro atoms. The monoisotopic (exact) mass is 327 g/mol. The smallest absolute Gasteiger partial charge is 0.227 e. The van der Waals surface area contributed by atoms with Gasteiger partial charge in [-0.3, -0.25) is 4.79 Å². The van der Waals surface area contributed by atoms with Crippen molar-refractivity contribution in [2.24, 2.45) is 0 Å². The van der Waals surface area contributed by atoms with Gasteiger partial charge in [-0.25, -0.2) is 0 Å². The van der Waals surface area contributed by atoms with Crippen LogP contribution in [-0.2, 0) is 16.8 Å². The highest BCUT2D eigenvalue weighted by Crippen LogP contribution is 2.46. The Morgan fingerprint density at radius 3 is 2.96 bits per heavy atom. The van der Waals surface area contributed by atoms with E-state index in [0.717, 1.165) is 42.8 Å². The standard InChI is InChI=1S/C18H21N3O3/c1-23-14-4-2-3-13(11-14)18(9-10-18)20-15(22)7-8-16-19-17(21-24-16)12-5-6-12/h2-4,11-12H,5-10H2,1H3,(H,20,22). The van der Waals surface area contributed by atoms with Gasteiger partial charge in [-0.2, -0.15) is 4.98 Å². The number of benzene rings is 1. The average Bonchev–Trinajstić information content (AvgIpc) is 3.53. The van der Waals surface area contributed by atoms with E-state index in [9.17, 15) is 4.79 Å². The van der Waals surface area contributed by atoms with Crippen LogP contribution in [-0.4, -0.2) is 23.2 Å². The maximum Gasteiger partial charge on any atom is 0.227 e. The molecule has 0 atom stereocenters. The Morgan fingerprint density at radius 1 is 1.42 bits per heavy atom. The number of aromatic nitrogens is 2. The van der Waals surface area contributed by atoms with Crippen molar-refractivity contribution < 1.29 is 14.1 Å². The van der Waals surface area contributed by atoms with E-state index in [0.29, 0.717) is 24.7 Å². The van der Waals surface area contributed by atoms with Crippen molar-refractivity contribution in [3.63, 3.8) is 0 Å². The molecule has 126 valence electrons. The van der Waals surface area contributed by atoms with E-state index in [2.05, 4.69) is 15.5 Å². The molecule has 0 radical (unpaired) electrons. The molecule has 2 aromatic rings. The molecule has 0 saturated heterocycles. The van der Waals surface area contributed by atoms with Gasteiger partial charge in [0.2, 0.25) is 11.8 Å². The first-order chi connectivity index (χ1) is 11.7. The molecule has 1 amide bonds. The van der Waals surface area contributed by atoms with Crippen LogP contribution in [0.15, 0.2) is 28.8 Å². The molecular formula is C18H21N3O3. The number of nitrogens with one attached hydrogen (secondary N) is 1. The summed E-state index contributed by atoms with van der Waals surface area (Å²) in [6.07, 6.45) is 5.04. The number of rotatable bonds is 7.